The molecule has 0 unspecified atom stereocenters. The van der Waals surface area contributed by atoms with Crippen LogP contribution in [0.3, 0.4) is 0 Å². The zero-order chi connectivity index (χ0) is 22.6. The molecule has 3 aromatic rings. The zero-order valence-corrected chi connectivity index (χ0v) is 19.1. The molecule has 10 heteroatoms. The fraction of sp³-hybridized carbons (Fsp3) is 0.348. The van der Waals surface area contributed by atoms with E-state index in [4.69, 9.17) is 14.2 Å². The number of ether oxygens (including phenoxy) is 3. The Bertz CT molecular complexity index is 1120. The first-order valence-electron chi connectivity index (χ1n) is 10.9. The smallest absolute Gasteiger partial charge is 0.233 e. The molecule has 1 fully saturated rings. The number of aromatic nitrogens is 3. The third-order valence-electron chi connectivity index (χ3n) is 5.48. The van der Waals surface area contributed by atoms with Gasteiger partial charge in [0.25, 0.3) is 0 Å². The van der Waals surface area contributed by atoms with E-state index in [1.54, 1.807) is 0 Å². The summed E-state index contributed by atoms with van der Waals surface area (Å²) < 4.78 is 18.2. The molecule has 1 saturated heterocycles. The van der Waals surface area contributed by atoms with Crippen LogP contribution in [-0.4, -0.2) is 59.0 Å². The van der Waals surface area contributed by atoms with Crippen LogP contribution in [-0.2, 0) is 16.1 Å². The molecule has 5 rings (SSSR count). The number of hydrogen-bond acceptors (Lipinski definition) is 8. The Kier molecular flexibility index (Phi) is 6.36. The van der Waals surface area contributed by atoms with Gasteiger partial charge in [0.05, 0.1) is 24.2 Å². The van der Waals surface area contributed by atoms with Crippen LogP contribution >= 0.6 is 11.8 Å². The fourth-order valence-electron chi connectivity index (χ4n) is 3.71. The van der Waals surface area contributed by atoms with Crippen molar-refractivity contribution in [3.05, 3.63) is 54.1 Å². The van der Waals surface area contributed by atoms with E-state index in [1.165, 1.54) is 11.8 Å². The molecular formula is C23H25N5O4S. The van der Waals surface area contributed by atoms with E-state index in [2.05, 4.69) is 20.4 Å². The maximum absolute atomic E-state index is 12.8. The molecule has 2 aliphatic heterocycles. The zero-order valence-electron chi connectivity index (χ0n) is 18.3. The topological polar surface area (TPSA) is 90.7 Å². The molecule has 33 heavy (non-hydrogen) atoms. The van der Waals surface area contributed by atoms with Crippen molar-refractivity contribution in [3.63, 3.8) is 0 Å². The normalized spacial score (nSPS) is 16.0. The minimum Gasteiger partial charge on any atom is -0.454 e. The molecule has 0 radical (unpaired) electrons. The largest absolute Gasteiger partial charge is 0.454 e. The second-order valence-electron chi connectivity index (χ2n) is 7.72. The van der Waals surface area contributed by atoms with Gasteiger partial charge in [0.15, 0.2) is 16.7 Å². The number of carbonyl (C=O) groups is 1. The van der Waals surface area contributed by atoms with Gasteiger partial charge in [-0.1, -0.05) is 36.0 Å². The average Bonchev–Trinajstić information content (AvgIpc) is 3.50. The number of anilines is 1. The molecule has 1 aromatic heterocycles. The molecule has 1 amide bonds. The molecule has 0 bridgehead atoms. The lowest BCUT2D eigenvalue weighted by atomic mass is 10.2. The quantitative estimate of drug-likeness (QED) is 0.531. The van der Waals surface area contributed by atoms with Crippen molar-refractivity contribution in [1.29, 1.82) is 0 Å². The van der Waals surface area contributed by atoms with Crippen LogP contribution in [0.4, 0.5) is 5.95 Å². The van der Waals surface area contributed by atoms with Crippen molar-refractivity contribution in [2.75, 3.05) is 38.0 Å². The molecule has 3 heterocycles. The highest BCUT2D eigenvalue weighted by Crippen LogP contribution is 2.33. The van der Waals surface area contributed by atoms with Crippen molar-refractivity contribution in [1.82, 2.24) is 20.1 Å². The third-order valence-corrected chi connectivity index (χ3v) is 6.52. The number of benzene rings is 2. The molecule has 172 valence electrons. The summed E-state index contributed by atoms with van der Waals surface area (Å²) in [5.74, 6) is 2.12. The third kappa shape index (κ3) is 4.76. The van der Waals surface area contributed by atoms with Crippen LogP contribution in [0.5, 0.6) is 11.5 Å². The van der Waals surface area contributed by atoms with Gasteiger partial charge in [-0.3, -0.25) is 9.36 Å². The maximum Gasteiger partial charge on any atom is 0.233 e. The number of amides is 1. The predicted octanol–water partition coefficient (Wildman–Crippen LogP) is 2.63. The van der Waals surface area contributed by atoms with Crippen LogP contribution in [0.15, 0.2) is 53.7 Å². The number of rotatable bonds is 7. The van der Waals surface area contributed by atoms with Crippen LogP contribution in [0.25, 0.3) is 5.69 Å². The Balaban J connectivity index is 1.29. The van der Waals surface area contributed by atoms with Gasteiger partial charge in [-0.05, 0) is 36.8 Å². The summed E-state index contributed by atoms with van der Waals surface area (Å²) >= 11 is 1.39. The Morgan fingerprint density at radius 2 is 1.88 bits per heavy atom. The molecule has 1 atom stereocenters. The van der Waals surface area contributed by atoms with Crippen LogP contribution in [0.1, 0.15) is 12.5 Å². The highest BCUT2D eigenvalue weighted by molar-refractivity contribution is 8.00. The summed E-state index contributed by atoms with van der Waals surface area (Å²) in [5.41, 5.74) is 1.91. The van der Waals surface area contributed by atoms with Crippen molar-refractivity contribution < 1.29 is 19.0 Å². The fourth-order valence-corrected chi connectivity index (χ4v) is 4.59. The van der Waals surface area contributed by atoms with E-state index in [9.17, 15) is 4.79 Å². The Labute approximate surface area is 196 Å². The van der Waals surface area contributed by atoms with Gasteiger partial charge in [0.2, 0.25) is 18.6 Å². The number of nitrogens with one attached hydrogen (secondary N) is 1. The highest BCUT2D eigenvalue weighted by Gasteiger charge is 2.25. The lowest BCUT2D eigenvalue weighted by Crippen LogP contribution is -2.38. The Hall–Kier alpha value is -3.24. The van der Waals surface area contributed by atoms with Crippen molar-refractivity contribution in [2.45, 2.75) is 23.9 Å². The van der Waals surface area contributed by atoms with Crippen LogP contribution in [0, 0.1) is 0 Å². The van der Waals surface area contributed by atoms with E-state index in [0.717, 1.165) is 36.0 Å². The monoisotopic (exact) mass is 467 g/mol. The maximum atomic E-state index is 12.8. The second kappa shape index (κ2) is 9.72. The van der Waals surface area contributed by atoms with Gasteiger partial charge in [0, 0.05) is 19.6 Å². The standard InChI is InChI=1S/C23H25N5O4S/c1-16(21(29)24-14-17-7-8-19-20(13-17)32-15-31-19)33-23-26-25-22(27-9-11-30-12-10-27)28(23)18-5-3-2-4-6-18/h2-8,13,16H,9-12,14-15H2,1H3,(H,24,29)/t16-/m1/s1. The molecule has 0 spiro atoms. The number of morpholine rings is 1. The summed E-state index contributed by atoms with van der Waals surface area (Å²) in [7, 11) is 0. The van der Waals surface area contributed by atoms with E-state index in [-0.39, 0.29) is 18.0 Å². The molecular weight excluding hydrogens is 442 g/mol. The molecule has 1 N–H and O–H groups in total. The number of hydrogen-bond donors (Lipinski definition) is 1. The number of thioether (sulfide) groups is 1. The van der Waals surface area contributed by atoms with Crippen molar-refractivity contribution in [2.24, 2.45) is 0 Å². The van der Waals surface area contributed by atoms with E-state index in [1.807, 2.05) is 60.0 Å². The predicted molar refractivity (Wildman–Crippen MR) is 124 cm³/mol. The summed E-state index contributed by atoms with van der Waals surface area (Å²) in [6.45, 7) is 5.32. The van der Waals surface area contributed by atoms with E-state index in [0.29, 0.717) is 30.7 Å². The average molecular weight is 468 g/mol. The minimum atomic E-state index is -0.358. The van der Waals surface area contributed by atoms with Crippen LogP contribution < -0.4 is 19.7 Å². The summed E-state index contributed by atoms with van der Waals surface area (Å²) in [6.07, 6.45) is 0. The summed E-state index contributed by atoms with van der Waals surface area (Å²) in [6, 6.07) is 15.6. The number of fused-ring (bicyclic) bond motifs is 1. The lowest BCUT2D eigenvalue weighted by molar-refractivity contribution is -0.120. The molecule has 0 saturated carbocycles. The number of para-hydroxylation sites is 1. The van der Waals surface area contributed by atoms with Gasteiger partial charge in [0.1, 0.15) is 0 Å². The first-order valence-corrected chi connectivity index (χ1v) is 11.7. The summed E-state index contributed by atoms with van der Waals surface area (Å²) in [5, 5.41) is 12.2. The highest BCUT2D eigenvalue weighted by atomic mass is 32.2. The summed E-state index contributed by atoms with van der Waals surface area (Å²) in [4.78, 5) is 15.0. The molecule has 0 aliphatic carbocycles. The van der Waals surface area contributed by atoms with E-state index < -0.39 is 0 Å². The minimum absolute atomic E-state index is 0.0757. The first kappa shape index (κ1) is 21.6. The van der Waals surface area contributed by atoms with Crippen molar-refractivity contribution >= 4 is 23.6 Å². The van der Waals surface area contributed by atoms with E-state index >= 15 is 0 Å². The second-order valence-corrected chi connectivity index (χ2v) is 9.03. The SMILES string of the molecule is C[C@@H](Sc1nnc(N2CCOCC2)n1-c1ccccc1)C(=O)NCc1ccc2c(c1)OCO2. The molecule has 2 aromatic carbocycles. The Morgan fingerprint density at radius 3 is 2.70 bits per heavy atom. The molecule has 2 aliphatic rings. The van der Waals surface area contributed by atoms with Gasteiger partial charge < -0.3 is 24.4 Å². The lowest BCUT2D eigenvalue weighted by Gasteiger charge is -2.28. The van der Waals surface area contributed by atoms with Gasteiger partial charge in [-0.15, -0.1) is 10.2 Å². The van der Waals surface area contributed by atoms with Gasteiger partial charge >= 0.3 is 0 Å². The first-order chi connectivity index (χ1) is 16.2. The van der Waals surface area contributed by atoms with Gasteiger partial charge in [-0.25, -0.2) is 0 Å². The van der Waals surface area contributed by atoms with Crippen LogP contribution in [0.2, 0.25) is 0 Å². The Morgan fingerprint density at radius 1 is 1.09 bits per heavy atom. The van der Waals surface area contributed by atoms with Crippen molar-refractivity contribution in [3.8, 4) is 17.2 Å². The molecule has 9 nitrogen and oxygen atoms in total. The van der Waals surface area contributed by atoms with Gasteiger partial charge in [-0.2, -0.15) is 0 Å². The number of nitrogens with zero attached hydrogens (tertiary/aromatic N) is 4. The number of carbonyl (C=O) groups excluding carboxylic acids is 1.